The van der Waals surface area contributed by atoms with E-state index in [2.05, 4.69) is 6.92 Å². The van der Waals surface area contributed by atoms with Gasteiger partial charge in [0.2, 0.25) is 0 Å². The third-order valence-corrected chi connectivity index (χ3v) is 3.19. The van der Waals surface area contributed by atoms with Crippen LogP contribution in [0, 0.1) is 0 Å². The Kier molecular flexibility index (Phi) is 4.66. The topological polar surface area (TPSA) is 37.3 Å². The van der Waals surface area contributed by atoms with Gasteiger partial charge in [-0.3, -0.25) is 0 Å². The Bertz CT molecular complexity index is 291. The lowest BCUT2D eigenvalue weighted by Gasteiger charge is -1.99. The summed E-state index contributed by atoms with van der Waals surface area (Å²) >= 11 is 1.32. The number of carbonyl (C=O) groups is 1. The summed E-state index contributed by atoms with van der Waals surface area (Å²) in [5, 5.41) is 10.7. The van der Waals surface area contributed by atoms with Crippen LogP contribution in [0.25, 0.3) is 0 Å². The molecule has 0 aliphatic heterocycles. The zero-order chi connectivity index (χ0) is 10.4. The van der Waals surface area contributed by atoms with Crippen molar-refractivity contribution in [1.29, 1.82) is 0 Å². The maximum Gasteiger partial charge on any atom is 0.346 e. The van der Waals surface area contributed by atoms with Crippen molar-refractivity contribution < 1.29 is 9.90 Å². The molecule has 1 aromatic rings. The van der Waals surface area contributed by atoms with E-state index in [9.17, 15) is 4.79 Å². The van der Waals surface area contributed by atoms with E-state index in [1.165, 1.54) is 30.6 Å². The molecule has 78 valence electrons. The van der Waals surface area contributed by atoms with Gasteiger partial charge in [-0.25, -0.2) is 4.79 Å². The molecule has 2 nitrogen and oxygen atoms in total. The summed E-state index contributed by atoms with van der Waals surface area (Å²) in [5.41, 5.74) is 0.999. The second kappa shape index (κ2) is 5.81. The highest BCUT2D eigenvalue weighted by Gasteiger charge is 2.10. The van der Waals surface area contributed by atoms with Crippen LogP contribution in [0.4, 0.5) is 0 Å². The Morgan fingerprint density at radius 1 is 1.43 bits per heavy atom. The molecule has 14 heavy (non-hydrogen) atoms. The van der Waals surface area contributed by atoms with E-state index in [1.807, 2.05) is 11.4 Å². The monoisotopic (exact) mass is 212 g/mol. The van der Waals surface area contributed by atoms with E-state index in [0.29, 0.717) is 4.88 Å². The maximum absolute atomic E-state index is 10.8. The Hall–Kier alpha value is -0.830. The fraction of sp³-hybridized carbons (Fsp3) is 0.545. The fourth-order valence-electron chi connectivity index (χ4n) is 1.46. The molecule has 0 bridgehead atoms. The Morgan fingerprint density at radius 2 is 2.21 bits per heavy atom. The van der Waals surface area contributed by atoms with Gasteiger partial charge in [-0.2, -0.15) is 0 Å². The van der Waals surface area contributed by atoms with Gasteiger partial charge in [0.25, 0.3) is 0 Å². The fourth-order valence-corrected chi connectivity index (χ4v) is 2.25. The Balaban J connectivity index is 2.42. The van der Waals surface area contributed by atoms with Gasteiger partial charge < -0.3 is 5.11 Å². The van der Waals surface area contributed by atoms with Crippen molar-refractivity contribution in [2.45, 2.75) is 39.0 Å². The molecule has 0 unspecified atom stereocenters. The van der Waals surface area contributed by atoms with Crippen LogP contribution in [0.5, 0.6) is 0 Å². The van der Waals surface area contributed by atoms with Gasteiger partial charge in [-0.15, -0.1) is 11.3 Å². The van der Waals surface area contributed by atoms with Crippen LogP contribution in [-0.4, -0.2) is 11.1 Å². The molecule has 0 amide bonds. The van der Waals surface area contributed by atoms with Crippen molar-refractivity contribution in [3.05, 3.63) is 21.9 Å². The molecule has 0 saturated carbocycles. The number of aryl methyl sites for hydroxylation is 1. The Labute approximate surface area is 88.6 Å². The van der Waals surface area contributed by atoms with Crippen molar-refractivity contribution >= 4 is 17.3 Å². The predicted octanol–water partition coefficient (Wildman–Crippen LogP) is 3.57. The maximum atomic E-state index is 10.8. The van der Waals surface area contributed by atoms with Crippen molar-refractivity contribution in [2.24, 2.45) is 0 Å². The van der Waals surface area contributed by atoms with E-state index in [4.69, 9.17) is 5.11 Å². The van der Waals surface area contributed by atoms with Crippen LogP contribution in [-0.2, 0) is 6.42 Å². The molecule has 0 aliphatic carbocycles. The van der Waals surface area contributed by atoms with E-state index < -0.39 is 5.97 Å². The van der Waals surface area contributed by atoms with E-state index in [-0.39, 0.29) is 0 Å². The van der Waals surface area contributed by atoms with Crippen LogP contribution in [0.3, 0.4) is 0 Å². The molecule has 0 fully saturated rings. The highest BCUT2D eigenvalue weighted by molar-refractivity contribution is 7.12. The largest absolute Gasteiger partial charge is 0.477 e. The summed E-state index contributed by atoms with van der Waals surface area (Å²) in [6.07, 6.45) is 5.67. The first-order valence-electron chi connectivity index (χ1n) is 5.05. The summed E-state index contributed by atoms with van der Waals surface area (Å²) in [6, 6.07) is 1.93. The molecular weight excluding hydrogens is 196 g/mol. The van der Waals surface area contributed by atoms with Gasteiger partial charge in [-0.05, 0) is 29.9 Å². The standard InChI is InChI=1S/C11H16O2S/c1-2-3-4-5-6-9-7-8-14-10(9)11(12)13/h7-8H,2-6H2,1H3,(H,12,13). The normalized spacial score (nSPS) is 10.4. The summed E-state index contributed by atoms with van der Waals surface area (Å²) in [4.78, 5) is 11.3. The molecule has 1 heterocycles. The number of thiophene rings is 1. The minimum atomic E-state index is -0.787. The van der Waals surface area contributed by atoms with Gasteiger partial charge in [0.1, 0.15) is 4.88 Å². The number of hydrogen-bond acceptors (Lipinski definition) is 2. The molecule has 0 aromatic carbocycles. The first-order chi connectivity index (χ1) is 6.75. The second-order valence-corrected chi connectivity index (χ2v) is 4.31. The molecule has 3 heteroatoms. The lowest BCUT2D eigenvalue weighted by molar-refractivity contribution is 0.0701. The highest BCUT2D eigenvalue weighted by Crippen LogP contribution is 2.19. The van der Waals surface area contributed by atoms with Crippen molar-refractivity contribution in [3.8, 4) is 0 Å². The van der Waals surface area contributed by atoms with Crippen LogP contribution >= 0.6 is 11.3 Å². The van der Waals surface area contributed by atoms with Crippen LogP contribution in [0.15, 0.2) is 11.4 Å². The first-order valence-corrected chi connectivity index (χ1v) is 5.93. The molecular formula is C11H16O2S. The summed E-state index contributed by atoms with van der Waals surface area (Å²) in [6.45, 7) is 2.17. The number of aromatic carboxylic acids is 1. The van der Waals surface area contributed by atoms with Gasteiger partial charge >= 0.3 is 5.97 Å². The third-order valence-electron chi connectivity index (χ3n) is 2.24. The number of rotatable bonds is 6. The lowest BCUT2D eigenvalue weighted by Crippen LogP contribution is -1.97. The number of carboxylic acids is 1. The molecule has 0 radical (unpaired) electrons. The van der Waals surface area contributed by atoms with E-state index in [0.717, 1.165) is 18.4 Å². The lowest BCUT2D eigenvalue weighted by atomic mass is 10.1. The molecule has 0 atom stereocenters. The molecule has 1 aromatic heterocycles. The Morgan fingerprint density at radius 3 is 2.86 bits per heavy atom. The zero-order valence-electron chi connectivity index (χ0n) is 8.45. The molecule has 1 rings (SSSR count). The number of unbranched alkanes of at least 4 members (excludes halogenated alkanes) is 3. The third kappa shape index (κ3) is 3.14. The number of carboxylic acid groups (broad SMARTS) is 1. The second-order valence-electron chi connectivity index (χ2n) is 3.39. The zero-order valence-corrected chi connectivity index (χ0v) is 9.27. The van der Waals surface area contributed by atoms with Crippen LogP contribution < -0.4 is 0 Å². The SMILES string of the molecule is CCCCCCc1ccsc1C(=O)O. The van der Waals surface area contributed by atoms with E-state index >= 15 is 0 Å². The quantitative estimate of drug-likeness (QED) is 0.732. The predicted molar refractivity (Wildman–Crippen MR) is 59.1 cm³/mol. The van der Waals surface area contributed by atoms with Crippen molar-refractivity contribution in [2.75, 3.05) is 0 Å². The summed E-state index contributed by atoms with van der Waals surface area (Å²) in [5.74, 6) is -0.787. The smallest absolute Gasteiger partial charge is 0.346 e. The summed E-state index contributed by atoms with van der Waals surface area (Å²) in [7, 11) is 0. The minimum absolute atomic E-state index is 0.515. The minimum Gasteiger partial charge on any atom is -0.477 e. The molecule has 1 N–H and O–H groups in total. The van der Waals surface area contributed by atoms with Crippen molar-refractivity contribution in [1.82, 2.24) is 0 Å². The molecule has 0 saturated heterocycles. The number of hydrogen-bond donors (Lipinski definition) is 1. The first kappa shape index (κ1) is 11.2. The van der Waals surface area contributed by atoms with Crippen LogP contribution in [0.2, 0.25) is 0 Å². The average molecular weight is 212 g/mol. The molecule has 0 spiro atoms. The highest BCUT2D eigenvalue weighted by atomic mass is 32.1. The molecule has 0 aliphatic rings. The van der Waals surface area contributed by atoms with Crippen LogP contribution in [0.1, 0.15) is 47.8 Å². The van der Waals surface area contributed by atoms with Crippen molar-refractivity contribution in [3.63, 3.8) is 0 Å². The van der Waals surface area contributed by atoms with Gasteiger partial charge in [-0.1, -0.05) is 26.2 Å². The average Bonchev–Trinajstić information content (AvgIpc) is 2.60. The van der Waals surface area contributed by atoms with Gasteiger partial charge in [0, 0.05) is 0 Å². The van der Waals surface area contributed by atoms with E-state index in [1.54, 1.807) is 0 Å². The van der Waals surface area contributed by atoms with Gasteiger partial charge in [0.05, 0.1) is 0 Å². The van der Waals surface area contributed by atoms with Gasteiger partial charge in [0.15, 0.2) is 0 Å². The summed E-state index contributed by atoms with van der Waals surface area (Å²) < 4.78 is 0.